The molecule has 8 rings (SSSR count). The Kier molecular flexibility index (Phi) is 12.5. The second-order valence-corrected chi connectivity index (χ2v) is 23.3. The van der Waals surface area contributed by atoms with Gasteiger partial charge >= 0.3 is 0 Å². The quantitative estimate of drug-likeness (QED) is 0.238. The average molecular weight is 757 g/mol. The Bertz CT molecular complexity index is 1420. The molecule has 0 aliphatic heterocycles. The van der Waals surface area contributed by atoms with Crippen molar-refractivity contribution in [1.82, 2.24) is 0 Å². The van der Waals surface area contributed by atoms with Gasteiger partial charge in [-0.15, -0.1) is 0 Å². The number of ketones is 1. The lowest BCUT2D eigenvalue weighted by Gasteiger charge is -2.58. The first-order chi connectivity index (χ1) is 26.1. The predicted molar refractivity (Wildman–Crippen MR) is 232 cm³/mol. The van der Waals surface area contributed by atoms with Gasteiger partial charge in [0.2, 0.25) is 0 Å². The molecule has 0 heterocycles. The second-order valence-electron chi connectivity index (χ2n) is 23.3. The Labute approximate surface area is 340 Å². The van der Waals surface area contributed by atoms with Crippen molar-refractivity contribution in [2.45, 2.75) is 210 Å². The fourth-order valence-electron chi connectivity index (χ4n) is 17.5. The maximum Gasteiger partial charge on any atom is 0.155 e. The molecule has 8 aliphatic rings. The first-order valence-corrected chi connectivity index (χ1v) is 24.7. The van der Waals surface area contributed by atoms with Gasteiger partial charge in [0.15, 0.2) is 5.78 Å². The lowest BCUT2D eigenvalue weighted by atomic mass is 9.46. The number of allylic oxidation sites excluding steroid dienone is 2. The highest BCUT2D eigenvalue weighted by atomic mass is 16.3. The zero-order valence-electron chi connectivity index (χ0n) is 37.9. The van der Waals surface area contributed by atoms with Crippen LogP contribution in [0.25, 0.3) is 0 Å². The third-order valence-electron chi connectivity index (χ3n) is 20.8. The van der Waals surface area contributed by atoms with Gasteiger partial charge in [-0.25, -0.2) is 0 Å². The summed E-state index contributed by atoms with van der Waals surface area (Å²) in [4.78, 5) is 12.0. The molecule has 2 nitrogen and oxygen atoms in total. The van der Waals surface area contributed by atoms with Gasteiger partial charge in [0.1, 0.15) is 0 Å². The molecule has 6 saturated carbocycles. The third-order valence-corrected chi connectivity index (χ3v) is 20.8. The van der Waals surface area contributed by atoms with Crippen molar-refractivity contribution in [2.24, 2.45) is 92.7 Å². The molecule has 0 radical (unpaired) electrons. The highest BCUT2D eigenvalue weighted by Gasteiger charge is 2.61. The van der Waals surface area contributed by atoms with E-state index in [1.165, 1.54) is 115 Å². The van der Waals surface area contributed by atoms with Crippen LogP contribution in [-0.2, 0) is 4.79 Å². The topological polar surface area (TPSA) is 37.3 Å². The summed E-state index contributed by atoms with van der Waals surface area (Å²) in [5.41, 5.74) is 5.04. The first-order valence-electron chi connectivity index (χ1n) is 24.7. The number of hydrogen-bond acceptors (Lipinski definition) is 2. The molecule has 0 amide bonds. The fourth-order valence-corrected chi connectivity index (χ4v) is 17.5. The molecule has 6 fully saturated rings. The Morgan fingerprint density at radius 3 is 1.87 bits per heavy atom. The molecule has 0 spiro atoms. The number of carbonyl (C=O) groups excluding carboxylic acids is 1. The number of rotatable bonds is 9. The zero-order valence-corrected chi connectivity index (χ0v) is 37.9. The monoisotopic (exact) mass is 757 g/mol. The lowest BCUT2D eigenvalue weighted by Crippen LogP contribution is -2.50. The minimum absolute atomic E-state index is 0.0794. The van der Waals surface area contributed by atoms with Gasteiger partial charge < -0.3 is 5.11 Å². The van der Waals surface area contributed by atoms with Crippen LogP contribution in [0, 0.1) is 92.7 Å². The number of hydrogen-bond donors (Lipinski definition) is 1. The minimum atomic E-state index is -0.0794. The lowest BCUT2D eigenvalue weighted by molar-refractivity contribution is -0.117. The van der Waals surface area contributed by atoms with E-state index in [0.717, 1.165) is 96.7 Å². The summed E-state index contributed by atoms with van der Waals surface area (Å²) in [6.45, 7) is 25.1. The van der Waals surface area contributed by atoms with Gasteiger partial charge in [-0.1, -0.05) is 112 Å². The molecule has 1 N–H and O–H groups in total. The summed E-state index contributed by atoms with van der Waals surface area (Å²) in [7, 11) is 0. The molecule has 4 unspecified atom stereocenters. The zero-order chi connectivity index (χ0) is 39.5. The average Bonchev–Trinajstić information content (AvgIpc) is 3.69. The largest absolute Gasteiger partial charge is 0.393 e. The van der Waals surface area contributed by atoms with E-state index in [9.17, 15) is 9.90 Å². The van der Waals surface area contributed by atoms with Crippen LogP contribution >= 0.6 is 0 Å². The Balaban J connectivity index is 0.000000172. The summed E-state index contributed by atoms with van der Waals surface area (Å²) in [6.07, 6.45) is 32.2. The van der Waals surface area contributed by atoms with Crippen molar-refractivity contribution in [2.75, 3.05) is 0 Å². The number of aliphatic hydroxyl groups is 1. The molecule has 8 aliphatic carbocycles. The predicted octanol–water partition coefficient (Wildman–Crippen LogP) is 14.6. The molecule has 0 aromatic heterocycles. The number of aliphatic hydroxyl groups excluding tert-OH is 1. The van der Waals surface area contributed by atoms with Crippen molar-refractivity contribution in [3.05, 3.63) is 23.3 Å². The molecule has 0 bridgehead atoms. The molecule has 16 atom stereocenters. The highest BCUT2D eigenvalue weighted by molar-refractivity contribution is 5.91. The smallest absolute Gasteiger partial charge is 0.155 e. The van der Waals surface area contributed by atoms with Crippen molar-refractivity contribution in [3.63, 3.8) is 0 Å². The molecule has 55 heavy (non-hydrogen) atoms. The van der Waals surface area contributed by atoms with Gasteiger partial charge in [-0.05, 0) is 201 Å². The van der Waals surface area contributed by atoms with Crippen LogP contribution in [0.1, 0.15) is 204 Å². The molecular formula is C53H88O2. The van der Waals surface area contributed by atoms with E-state index in [1.54, 1.807) is 5.57 Å². The van der Waals surface area contributed by atoms with Crippen LogP contribution in [0.2, 0.25) is 0 Å². The molecular weight excluding hydrogens is 669 g/mol. The SMILES string of the molecule is CCC[C@@H](C)[C@H]1CCC2[C@@H]3CCC4=CC(=O)CC[C@]4(C)C3CC[C@@]21C.CC[C@H](CC[C@@H](C)[C@H]1CCC2[C@@H]3CC=C4C[C@@H](O)CC[C@]4(C)C3CC[C@@]21C)C(C)C. The summed E-state index contributed by atoms with van der Waals surface area (Å²) in [5, 5.41) is 10.2. The van der Waals surface area contributed by atoms with Crippen LogP contribution < -0.4 is 0 Å². The van der Waals surface area contributed by atoms with Gasteiger partial charge in [-0.3, -0.25) is 4.79 Å². The van der Waals surface area contributed by atoms with Gasteiger partial charge in [0, 0.05) is 6.42 Å². The van der Waals surface area contributed by atoms with E-state index in [1.807, 2.05) is 6.08 Å². The van der Waals surface area contributed by atoms with E-state index >= 15 is 0 Å². The minimum Gasteiger partial charge on any atom is -0.393 e. The van der Waals surface area contributed by atoms with Crippen LogP contribution in [0.15, 0.2) is 23.3 Å². The number of carbonyl (C=O) groups is 1. The van der Waals surface area contributed by atoms with Gasteiger partial charge in [0.25, 0.3) is 0 Å². The molecule has 0 aromatic rings. The van der Waals surface area contributed by atoms with Gasteiger partial charge in [-0.2, -0.15) is 0 Å². The van der Waals surface area contributed by atoms with Gasteiger partial charge in [0.05, 0.1) is 6.10 Å². The van der Waals surface area contributed by atoms with Crippen LogP contribution in [0.5, 0.6) is 0 Å². The normalized spacial score (nSPS) is 46.3. The molecule has 0 saturated heterocycles. The van der Waals surface area contributed by atoms with Crippen molar-refractivity contribution in [3.8, 4) is 0 Å². The van der Waals surface area contributed by atoms with E-state index in [0.29, 0.717) is 27.4 Å². The fraction of sp³-hybridized carbons (Fsp3) is 0.906. The number of fused-ring (bicyclic) bond motifs is 10. The van der Waals surface area contributed by atoms with E-state index in [-0.39, 0.29) is 6.10 Å². The van der Waals surface area contributed by atoms with E-state index in [2.05, 4.69) is 75.3 Å². The van der Waals surface area contributed by atoms with Crippen LogP contribution in [0.4, 0.5) is 0 Å². The summed E-state index contributed by atoms with van der Waals surface area (Å²) < 4.78 is 0. The first kappa shape index (κ1) is 42.2. The standard InChI is InChI=1S/C29H50O.C24H38O/c1-7-21(19(2)3)9-8-20(4)25-12-13-26-24-11-10-22-18-23(30)14-16-28(22,5)27(24)15-17-29(25,26)6;1-5-6-16(2)20-9-10-21-19-8-7-17-15-18(25)11-13-23(17,3)22(19)12-14-24(20,21)4/h10,19-21,23-27,30H,7-9,11-18H2,1-6H3;15-16,19-22H,5-14H2,1-4H3/t20-,21-,23+,24+,25-,26?,27?,28+,29-;16-,19+,20-,21?,22?,23+,24-/m11/s1. The Morgan fingerprint density at radius 1 is 0.655 bits per heavy atom. The maximum absolute atomic E-state index is 12.0. The van der Waals surface area contributed by atoms with Crippen LogP contribution in [-0.4, -0.2) is 17.0 Å². The highest BCUT2D eigenvalue weighted by Crippen LogP contribution is 2.69. The Hall–Kier alpha value is -0.890. The van der Waals surface area contributed by atoms with E-state index < -0.39 is 0 Å². The third kappa shape index (κ3) is 7.38. The molecule has 2 heteroatoms. The van der Waals surface area contributed by atoms with Crippen molar-refractivity contribution < 1.29 is 9.90 Å². The van der Waals surface area contributed by atoms with E-state index in [4.69, 9.17) is 0 Å². The maximum atomic E-state index is 12.0. The van der Waals surface area contributed by atoms with Crippen LogP contribution in [0.3, 0.4) is 0 Å². The Morgan fingerprint density at radius 2 is 1.25 bits per heavy atom. The summed E-state index contributed by atoms with van der Waals surface area (Å²) in [5.74, 6) is 11.3. The molecule has 0 aromatic carbocycles. The second kappa shape index (κ2) is 16.3. The van der Waals surface area contributed by atoms with Crippen molar-refractivity contribution >= 4 is 5.78 Å². The summed E-state index contributed by atoms with van der Waals surface area (Å²) >= 11 is 0. The molecule has 312 valence electrons. The summed E-state index contributed by atoms with van der Waals surface area (Å²) in [6, 6.07) is 0. The van der Waals surface area contributed by atoms with Crippen molar-refractivity contribution in [1.29, 1.82) is 0 Å².